The average Bonchev–Trinajstić information content (AvgIpc) is 3.21. The van der Waals surface area contributed by atoms with Crippen molar-refractivity contribution < 1.29 is 4.79 Å². The molecule has 0 spiro atoms. The topological polar surface area (TPSA) is 92.7 Å². The zero-order chi connectivity index (χ0) is 20.8. The van der Waals surface area contributed by atoms with E-state index >= 15 is 0 Å². The fourth-order valence-electron chi connectivity index (χ4n) is 2.66. The van der Waals surface area contributed by atoms with Crippen LogP contribution in [0.4, 0.5) is 16.6 Å². The molecule has 0 fully saturated rings. The highest BCUT2D eigenvalue weighted by Gasteiger charge is 2.13. The second-order valence-corrected chi connectivity index (χ2v) is 8.22. The number of thioether (sulfide) groups is 1. The van der Waals surface area contributed by atoms with Gasteiger partial charge in [-0.25, -0.2) is 9.97 Å². The molecule has 1 aromatic carbocycles. The lowest BCUT2D eigenvalue weighted by Gasteiger charge is -2.07. The summed E-state index contributed by atoms with van der Waals surface area (Å²) >= 11 is 3.08. The van der Waals surface area contributed by atoms with Gasteiger partial charge in [-0.3, -0.25) is 4.79 Å². The van der Waals surface area contributed by atoms with Gasteiger partial charge in [0.1, 0.15) is 10.8 Å². The summed E-state index contributed by atoms with van der Waals surface area (Å²) < 4.78 is 0. The second kappa shape index (κ2) is 9.47. The minimum Gasteiger partial charge on any atom is -0.330 e. The normalized spacial score (nSPS) is 10.6. The van der Waals surface area contributed by atoms with Crippen molar-refractivity contribution >= 4 is 45.6 Å². The van der Waals surface area contributed by atoms with Gasteiger partial charge in [-0.15, -0.1) is 22.0 Å². The summed E-state index contributed by atoms with van der Waals surface area (Å²) in [5, 5.41) is 17.0. The lowest BCUT2D eigenvalue weighted by atomic mass is 10.3. The SMILES string of the molecule is CC(=O)Nc1cc(CSc2ncccc2-c2nnc(Nc3ccccc3)s2)ccn1. The van der Waals surface area contributed by atoms with Crippen molar-refractivity contribution in [3.63, 3.8) is 0 Å². The van der Waals surface area contributed by atoms with Crippen LogP contribution < -0.4 is 10.6 Å². The molecule has 0 unspecified atom stereocenters. The summed E-state index contributed by atoms with van der Waals surface area (Å²) in [7, 11) is 0. The highest BCUT2D eigenvalue weighted by atomic mass is 32.2. The van der Waals surface area contributed by atoms with Crippen molar-refractivity contribution in [1.29, 1.82) is 0 Å². The highest BCUT2D eigenvalue weighted by Crippen LogP contribution is 2.35. The standard InChI is InChI=1S/C21H18N6OS2/c1-14(28)24-18-12-15(9-11-22-18)13-29-19-17(8-5-10-23-19)20-26-27-21(30-20)25-16-6-3-2-4-7-16/h2-12H,13H2,1H3,(H,25,27)(H,22,24,28). The number of nitrogens with zero attached hydrogens (tertiary/aromatic N) is 4. The molecule has 0 aliphatic carbocycles. The molecule has 3 aromatic heterocycles. The summed E-state index contributed by atoms with van der Waals surface area (Å²) in [5.74, 6) is 1.09. The van der Waals surface area contributed by atoms with E-state index in [1.807, 2.05) is 54.6 Å². The highest BCUT2D eigenvalue weighted by molar-refractivity contribution is 7.98. The Morgan fingerprint density at radius 3 is 2.73 bits per heavy atom. The summed E-state index contributed by atoms with van der Waals surface area (Å²) in [6, 6.07) is 17.6. The van der Waals surface area contributed by atoms with Gasteiger partial charge >= 0.3 is 0 Å². The lowest BCUT2D eigenvalue weighted by molar-refractivity contribution is -0.114. The first-order valence-corrected chi connectivity index (χ1v) is 10.9. The third kappa shape index (κ3) is 5.19. The number of carbonyl (C=O) groups excluding carboxylic acids is 1. The molecule has 0 aliphatic rings. The van der Waals surface area contributed by atoms with Crippen LogP contribution in [-0.4, -0.2) is 26.1 Å². The van der Waals surface area contributed by atoms with Crippen LogP contribution in [-0.2, 0) is 10.5 Å². The molecule has 2 N–H and O–H groups in total. The van der Waals surface area contributed by atoms with Crippen LogP contribution >= 0.6 is 23.1 Å². The van der Waals surface area contributed by atoms with Gasteiger partial charge in [-0.05, 0) is 42.0 Å². The van der Waals surface area contributed by atoms with Crippen molar-refractivity contribution in [2.75, 3.05) is 10.6 Å². The van der Waals surface area contributed by atoms with E-state index in [9.17, 15) is 4.79 Å². The molecular formula is C21H18N6OS2. The Labute approximate surface area is 182 Å². The lowest BCUT2D eigenvalue weighted by Crippen LogP contribution is -2.07. The van der Waals surface area contributed by atoms with Crippen molar-refractivity contribution in [1.82, 2.24) is 20.2 Å². The van der Waals surface area contributed by atoms with E-state index in [1.54, 1.807) is 24.2 Å². The number of hydrogen-bond acceptors (Lipinski definition) is 8. The molecule has 150 valence electrons. The minimum atomic E-state index is -0.143. The van der Waals surface area contributed by atoms with Crippen LogP contribution in [0.1, 0.15) is 12.5 Å². The Morgan fingerprint density at radius 1 is 1.03 bits per heavy atom. The number of rotatable bonds is 7. The third-order valence-corrected chi connectivity index (χ3v) is 5.90. The zero-order valence-electron chi connectivity index (χ0n) is 16.1. The molecule has 4 aromatic rings. The fourth-order valence-corrected chi connectivity index (χ4v) is 4.45. The van der Waals surface area contributed by atoms with Crippen LogP contribution in [0, 0.1) is 0 Å². The molecule has 0 saturated carbocycles. The van der Waals surface area contributed by atoms with Gasteiger partial charge < -0.3 is 10.6 Å². The van der Waals surface area contributed by atoms with E-state index in [4.69, 9.17) is 0 Å². The van der Waals surface area contributed by atoms with Gasteiger partial charge in [0.05, 0.1) is 0 Å². The Bertz CT molecular complexity index is 1150. The first kappa shape index (κ1) is 20.0. The maximum atomic E-state index is 11.2. The molecule has 0 saturated heterocycles. The molecule has 0 atom stereocenters. The largest absolute Gasteiger partial charge is 0.330 e. The Kier molecular flexibility index (Phi) is 6.31. The predicted octanol–water partition coefficient (Wildman–Crippen LogP) is 4.99. The van der Waals surface area contributed by atoms with Gasteiger partial charge in [-0.1, -0.05) is 29.5 Å². The number of benzene rings is 1. The Balaban J connectivity index is 1.49. The maximum absolute atomic E-state index is 11.2. The van der Waals surface area contributed by atoms with Crippen molar-refractivity contribution in [2.24, 2.45) is 0 Å². The number of carbonyl (C=O) groups is 1. The summed E-state index contributed by atoms with van der Waals surface area (Å²) in [4.78, 5) is 19.9. The number of para-hydroxylation sites is 1. The fraction of sp³-hybridized carbons (Fsp3) is 0.0952. The van der Waals surface area contributed by atoms with Gasteiger partial charge in [0.15, 0.2) is 5.01 Å². The summed E-state index contributed by atoms with van der Waals surface area (Å²) in [5.41, 5.74) is 2.95. The second-order valence-electron chi connectivity index (χ2n) is 6.28. The molecule has 1 amide bonds. The van der Waals surface area contributed by atoms with E-state index in [-0.39, 0.29) is 5.91 Å². The van der Waals surface area contributed by atoms with Gasteiger partial charge in [0, 0.05) is 36.3 Å². The molecule has 0 aliphatic heterocycles. The smallest absolute Gasteiger partial charge is 0.222 e. The molecule has 7 nitrogen and oxygen atoms in total. The molecule has 30 heavy (non-hydrogen) atoms. The zero-order valence-corrected chi connectivity index (χ0v) is 17.7. The molecule has 4 rings (SSSR count). The third-order valence-electron chi connectivity index (χ3n) is 3.96. The van der Waals surface area contributed by atoms with E-state index < -0.39 is 0 Å². The first-order chi connectivity index (χ1) is 14.7. The van der Waals surface area contributed by atoms with Crippen LogP contribution in [0.5, 0.6) is 0 Å². The van der Waals surface area contributed by atoms with E-state index in [1.165, 1.54) is 18.3 Å². The average molecular weight is 435 g/mol. The van der Waals surface area contributed by atoms with E-state index in [0.29, 0.717) is 11.6 Å². The molecule has 0 radical (unpaired) electrons. The Hall–Kier alpha value is -3.30. The summed E-state index contributed by atoms with van der Waals surface area (Å²) in [6.07, 6.45) is 3.46. The number of amides is 1. The van der Waals surface area contributed by atoms with Gasteiger partial charge in [-0.2, -0.15) is 0 Å². The minimum absolute atomic E-state index is 0.143. The molecule has 3 heterocycles. The van der Waals surface area contributed by atoms with Crippen LogP contribution in [0.15, 0.2) is 72.0 Å². The van der Waals surface area contributed by atoms with Crippen LogP contribution in [0.2, 0.25) is 0 Å². The Morgan fingerprint density at radius 2 is 1.90 bits per heavy atom. The summed E-state index contributed by atoms with van der Waals surface area (Å²) in [6.45, 7) is 1.46. The van der Waals surface area contributed by atoms with Gasteiger partial charge in [0.2, 0.25) is 11.0 Å². The number of nitrogens with one attached hydrogen (secondary N) is 2. The monoisotopic (exact) mass is 434 g/mol. The number of pyridine rings is 2. The molecule has 0 bridgehead atoms. The number of aromatic nitrogens is 4. The van der Waals surface area contributed by atoms with Crippen molar-refractivity contribution in [3.8, 4) is 10.6 Å². The predicted molar refractivity (Wildman–Crippen MR) is 121 cm³/mol. The van der Waals surface area contributed by atoms with Crippen LogP contribution in [0.3, 0.4) is 0 Å². The van der Waals surface area contributed by atoms with Crippen LogP contribution in [0.25, 0.3) is 10.6 Å². The maximum Gasteiger partial charge on any atom is 0.222 e. The molecular weight excluding hydrogens is 416 g/mol. The quantitative estimate of drug-likeness (QED) is 0.396. The van der Waals surface area contributed by atoms with Gasteiger partial charge in [0.25, 0.3) is 0 Å². The van der Waals surface area contributed by atoms with E-state index in [0.717, 1.165) is 32.0 Å². The first-order valence-electron chi connectivity index (χ1n) is 9.13. The van der Waals surface area contributed by atoms with E-state index in [2.05, 4.69) is 30.8 Å². The number of hydrogen-bond donors (Lipinski definition) is 2. The van der Waals surface area contributed by atoms with Crippen molar-refractivity contribution in [3.05, 3.63) is 72.6 Å². The van der Waals surface area contributed by atoms with Crippen molar-refractivity contribution in [2.45, 2.75) is 17.7 Å². The molecule has 9 heteroatoms. The number of anilines is 3.